The Bertz CT molecular complexity index is 362. The Hall–Kier alpha value is -1.70. The van der Waals surface area contributed by atoms with Crippen molar-refractivity contribution in [3.8, 4) is 11.1 Å². The molecule has 1 aromatic carbocycles. The van der Waals surface area contributed by atoms with E-state index in [1.165, 1.54) is 5.56 Å². The van der Waals surface area contributed by atoms with Gasteiger partial charge in [-0.25, -0.2) is 0 Å². The number of anilines is 1. The van der Waals surface area contributed by atoms with Gasteiger partial charge in [-0.3, -0.25) is 0 Å². The van der Waals surface area contributed by atoms with Crippen molar-refractivity contribution in [1.29, 1.82) is 0 Å². The first-order valence-electron chi connectivity index (χ1n) is 3.85. The fraction of sp³-hybridized carbons (Fsp3) is 0. The first-order chi connectivity index (χ1) is 5.86. The number of hydrogen-bond acceptors (Lipinski definition) is 1. The Morgan fingerprint density at radius 3 is 2.33 bits per heavy atom. The normalized spacial score (nSPS) is 10.0. The summed E-state index contributed by atoms with van der Waals surface area (Å²) in [5.41, 5.74) is 7.88. The summed E-state index contributed by atoms with van der Waals surface area (Å²) >= 11 is 0. The van der Waals surface area contributed by atoms with Crippen LogP contribution in [0.2, 0.25) is 0 Å². The zero-order chi connectivity index (χ0) is 8.39. The van der Waals surface area contributed by atoms with E-state index in [0.717, 1.165) is 5.56 Å². The zero-order valence-electron chi connectivity index (χ0n) is 6.62. The second-order valence-electron chi connectivity index (χ2n) is 2.71. The molecule has 0 spiro atoms. The van der Waals surface area contributed by atoms with Gasteiger partial charge in [-0.1, -0.05) is 30.3 Å². The lowest BCUT2D eigenvalue weighted by Gasteiger charge is -1.93. The monoisotopic (exact) mass is 158 g/mol. The van der Waals surface area contributed by atoms with E-state index in [9.17, 15) is 0 Å². The van der Waals surface area contributed by atoms with Crippen molar-refractivity contribution in [2.75, 3.05) is 5.73 Å². The molecule has 0 radical (unpaired) electrons. The van der Waals surface area contributed by atoms with Crippen LogP contribution in [0.5, 0.6) is 0 Å². The lowest BCUT2D eigenvalue weighted by molar-refractivity contribution is 1.42. The van der Waals surface area contributed by atoms with E-state index in [1.807, 2.05) is 30.5 Å². The summed E-state index contributed by atoms with van der Waals surface area (Å²) in [6.07, 6.45) is 1.91. The number of aromatic amines is 1. The molecule has 0 atom stereocenters. The third kappa shape index (κ3) is 1.19. The predicted octanol–water partition coefficient (Wildman–Crippen LogP) is 2.26. The van der Waals surface area contributed by atoms with E-state index in [4.69, 9.17) is 5.73 Å². The Labute approximate surface area is 71.0 Å². The molecule has 2 aromatic rings. The van der Waals surface area contributed by atoms with E-state index >= 15 is 0 Å². The third-order valence-electron chi connectivity index (χ3n) is 1.81. The lowest BCUT2D eigenvalue weighted by Crippen LogP contribution is -1.79. The quantitative estimate of drug-likeness (QED) is 0.656. The maximum atomic E-state index is 5.56. The van der Waals surface area contributed by atoms with Crippen molar-refractivity contribution in [3.05, 3.63) is 42.6 Å². The van der Waals surface area contributed by atoms with E-state index < -0.39 is 0 Å². The van der Waals surface area contributed by atoms with Crippen molar-refractivity contribution >= 4 is 5.82 Å². The third-order valence-corrected chi connectivity index (χ3v) is 1.81. The molecule has 0 saturated carbocycles. The van der Waals surface area contributed by atoms with Crippen LogP contribution in [-0.2, 0) is 0 Å². The van der Waals surface area contributed by atoms with Crippen LogP contribution in [-0.4, -0.2) is 4.98 Å². The first-order valence-corrected chi connectivity index (χ1v) is 3.85. The van der Waals surface area contributed by atoms with Crippen molar-refractivity contribution in [2.45, 2.75) is 0 Å². The lowest BCUT2D eigenvalue weighted by atomic mass is 10.1. The van der Waals surface area contributed by atoms with Gasteiger partial charge in [-0.15, -0.1) is 0 Å². The zero-order valence-corrected chi connectivity index (χ0v) is 6.62. The molecule has 2 rings (SSSR count). The molecule has 0 aliphatic carbocycles. The molecule has 0 aliphatic rings. The first kappa shape index (κ1) is 6.98. The van der Waals surface area contributed by atoms with Crippen LogP contribution in [0.15, 0.2) is 42.6 Å². The minimum atomic E-state index is 0.703. The standard InChI is InChI=1S/C10H10N2/c11-10-6-9(7-12-10)8-4-2-1-3-5-8/h1-7,12H,11H2. The second-order valence-corrected chi connectivity index (χ2v) is 2.71. The molecule has 60 valence electrons. The maximum Gasteiger partial charge on any atom is 0.101 e. The number of benzene rings is 1. The number of aromatic nitrogens is 1. The molecule has 0 aliphatic heterocycles. The summed E-state index contributed by atoms with van der Waals surface area (Å²) < 4.78 is 0. The molecular weight excluding hydrogens is 148 g/mol. The number of H-pyrrole nitrogens is 1. The summed E-state index contributed by atoms with van der Waals surface area (Å²) in [5.74, 6) is 0.703. The van der Waals surface area contributed by atoms with Gasteiger partial charge in [0.25, 0.3) is 0 Å². The van der Waals surface area contributed by atoms with Crippen molar-refractivity contribution in [3.63, 3.8) is 0 Å². The molecule has 0 saturated heterocycles. The summed E-state index contributed by atoms with van der Waals surface area (Å²) in [6, 6.07) is 12.1. The van der Waals surface area contributed by atoms with Crippen LogP contribution in [0, 0.1) is 0 Å². The molecule has 0 bridgehead atoms. The molecule has 0 amide bonds. The topological polar surface area (TPSA) is 41.8 Å². The number of hydrogen-bond donors (Lipinski definition) is 2. The van der Waals surface area contributed by atoms with E-state index in [1.54, 1.807) is 0 Å². The highest BCUT2D eigenvalue weighted by atomic mass is 14.8. The molecule has 2 nitrogen and oxygen atoms in total. The molecule has 3 N–H and O–H groups in total. The summed E-state index contributed by atoms with van der Waals surface area (Å²) in [4.78, 5) is 2.94. The Kier molecular flexibility index (Phi) is 1.59. The van der Waals surface area contributed by atoms with Gasteiger partial charge in [0.1, 0.15) is 5.82 Å². The minimum absolute atomic E-state index is 0.703. The molecular formula is C10H10N2. The van der Waals surface area contributed by atoms with Crippen LogP contribution < -0.4 is 5.73 Å². The molecule has 2 heteroatoms. The molecule has 0 fully saturated rings. The van der Waals surface area contributed by atoms with Crippen LogP contribution in [0.4, 0.5) is 5.82 Å². The highest BCUT2D eigenvalue weighted by Crippen LogP contribution is 2.19. The number of nitrogens with two attached hydrogens (primary N) is 1. The van der Waals surface area contributed by atoms with Gasteiger partial charge in [-0.05, 0) is 11.6 Å². The number of nitrogen functional groups attached to an aromatic ring is 1. The Morgan fingerprint density at radius 2 is 1.75 bits per heavy atom. The molecule has 1 heterocycles. The van der Waals surface area contributed by atoms with Gasteiger partial charge in [0.05, 0.1) is 0 Å². The summed E-state index contributed by atoms with van der Waals surface area (Å²) in [6.45, 7) is 0. The smallest absolute Gasteiger partial charge is 0.101 e. The van der Waals surface area contributed by atoms with E-state index in [2.05, 4.69) is 17.1 Å². The van der Waals surface area contributed by atoms with Crippen molar-refractivity contribution < 1.29 is 0 Å². The van der Waals surface area contributed by atoms with E-state index in [-0.39, 0.29) is 0 Å². The average molecular weight is 158 g/mol. The van der Waals surface area contributed by atoms with Gasteiger partial charge in [-0.2, -0.15) is 0 Å². The Morgan fingerprint density at radius 1 is 1.00 bits per heavy atom. The average Bonchev–Trinajstić information content (AvgIpc) is 2.54. The van der Waals surface area contributed by atoms with Gasteiger partial charge in [0.15, 0.2) is 0 Å². The van der Waals surface area contributed by atoms with Gasteiger partial charge in [0.2, 0.25) is 0 Å². The van der Waals surface area contributed by atoms with Crippen LogP contribution in [0.1, 0.15) is 0 Å². The van der Waals surface area contributed by atoms with Crippen molar-refractivity contribution in [1.82, 2.24) is 4.98 Å². The highest BCUT2D eigenvalue weighted by molar-refractivity contribution is 5.65. The Balaban J connectivity index is 2.45. The maximum absolute atomic E-state index is 5.56. The van der Waals surface area contributed by atoms with Crippen LogP contribution in [0.3, 0.4) is 0 Å². The van der Waals surface area contributed by atoms with Gasteiger partial charge in [0, 0.05) is 11.8 Å². The minimum Gasteiger partial charge on any atom is -0.385 e. The number of rotatable bonds is 1. The molecule has 12 heavy (non-hydrogen) atoms. The predicted molar refractivity (Wildman–Crippen MR) is 50.6 cm³/mol. The van der Waals surface area contributed by atoms with Crippen LogP contribution in [0.25, 0.3) is 11.1 Å². The second kappa shape index (κ2) is 2.74. The molecule has 0 unspecified atom stereocenters. The molecule has 1 aromatic heterocycles. The number of nitrogens with one attached hydrogen (secondary N) is 1. The highest BCUT2D eigenvalue weighted by Gasteiger charge is 1.96. The fourth-order valence-electron chi connectivity index (χ4n) is 1.21. The SMILES string of the molecule is Nc1cc(-c2ccccc2)c[nH]1. The van der Waals surface area contributed by atoms with Gasteiger partial charge >= 0.3 is 0 Å². The van der Waals surface area contributed by atoms with Crippen molar-refractivity contribution in [2.24, 2.45) is 0 Å². The van der Waals surface area contributed by atoms with E-state index in [0.29, 0.717) is 5.82 Å². The fourth-order valence-corrected chi connectivity index (χ4v) is 1.21. The van der Waals surface area contributed by atoms with Crippen LogP contribution >= 0.6 is 0 Å². The van der Waals surface area contributed by atoms with Gasteiger partial charge < -0.3 is 10.7 Å². The summed E-state index contributed by atoms with van der Waals surface area (Å²) in [5, 5.41) is 0. The summed E-state index contributed by atoms with van der Waals surface area (Å²) in [7, 11) is 0. The largest absolute Gasteiger partial charge is 0.385 e.